The first-order valence-electron chi connectivity index (χ1n) is 20.4. The van der Waals surface area contributed by atoms with Crippen LogP contribution in [0.1, 0.15) is 194 Å². The molecule has 2 atom stereocenters. The van der Waals surface area contributed by atoms with Gasteiger partial charge >= 0.3 is 0 Å². The largest absolute Gasteiger partial charge is 0.344 e. The van der Waals surface area contributed by atoms with Gasteiger partial charge in [-0.15, -0.1) is 0 Å². The van der Waals surface area contributed by atoms with Crippen LogP contribution in [0.25, 0.3) is 0 Å². The van der Waals surface area contributed by atoms with E-state index in [1.165, 1.54) is 141 Å². The molecule has 1 heterocycles. The molecule has 0 amide bonds. The van der Waals surface area contributed by atoms with Gasteiger partial charge in [-0.2, -0.15) is 0 Å². The maximum absolute atomic E-state index is 6.75. The topological polar surface area (TPSA) is 44.5 Å². The van der Waals surface area contributed by atoms with E-state index in [0.717, 1.165) is 45.1 Å². The van der Waals surface area contributed by atoms with E-state index < -0.39 is 0 Å². The number of fused-ring (bicyclic) bond motifs is 1. The van der Waals surface area contributed by atoms with Crippen LogP contribution in [0.15, 0.2) is 48.6 Å². The van der Waals surface area contributed by atoms with Gasteiger partial charge in [0, 0.05) is 12.8 Å². The van der Waals surface area contributed by atoms with E-state index in [4.69, 9.17) is 15.2 Å². The van der Waals surface area contributed by atoms with E-state index in [0.29, 0.717) is 5.92 Å². The Morgan fingerprint density at radius 3 is 1.20 bits per heavy atom. The lowest BCUT2D eigenvalue weighted by Crippen LogP contribution is -2.32. The monoisotopic (exact) mass is 640 g/mol. The third-order valence-electron chi connectivity index (χ3n) is 10.1. The first-order valence-corrected chi connectivity index (χ1v) is 20.4. The molecular formula is C43H77NO2. The number of hydrogen-bond donors (Lipinski definition) is 1. The lowest BCUT2D eigenvalue weighted by Gasteiger charge is -2.30. The molecule has 46 heavy (non-hydrogen) atoms. The highest BCUT2D eigenvalue weighted by molar-refractivity contribution is 4.95. The van der Waals surface area contributed by atoms with Crippen LogP contribution >= 0.6 is 0 Å². The van der Waals surface area contributed by atoms with Gasteiger partial charge in [-0.05, 0) is 102 Å². The molecule has 1 aliphatic carbocycles. The predicted molar refractivity (Wildman–Crippen MR) is 202 cm³/mol. The molecule has 2 aliphatic rings. The van der Waals surface area contributed by atoms with Crippen molar-refractivity contribution < 1.29 is 9.47 Å². The van der Waals surface area contributed by atoms with E-state index in [9.17, 15) is 0 Å². The Hall–Kier alpha value is -1.16. The molecule has 2 N–H and O–H groups in total. The molecule has 0 aromatic heterocycles. The van der Waals surface area contributed by atoms with Crippen molar-refractivity contribution >= 4 is 0 Å². The quantitative estimate of drug-likeness (QED) is 0.0606. The summed E-state index contributed by atoms with van der Waals surface area (Å²) < 4.78 is 13.5. The molecule has 2 fully saturated rings. The number of allylic oxidation sites excluding steroid dienone is 8. The minimum atomic E-state index is -0.320. The Morgan fingerprint density at radius 2 is 0.826 bits per heavy atom. The van der Waals surface area contributed by atoms with Gasteiger partial charge in [0.25, 0.3) is 0 Å². The highest BCUT2D eigenvalue weighted by Gasteiger charge is 2.50. The van der Waals surface area contributed by atoms with Crippen LogP contribution in [-0.2, 0) is 9.47 Å². The van der Waals surface area contributed by atoms with Crippen molar-refractivity contribution in [3.63, 3.8) is 0 Å². The lowest BCUT2D eigenvalue weighted by atomic mass is 9.98. The summed E-state index contributed by atoms with van der Waals surface area (Å²) >= 11 is 0. The van der Waals surface area contributed by atoms with Crippen LogP contribution < -0.4 is 5.73 Å². The Labute approximate surface area is 287 Å². The summed E-state index contributed by atoms with van der Waals surface area (Å²) in [5, 5.41) is 0. The number of unbranched alkanes of at least 4 members (excludes halogenated alkanes) is 18. The Balaban J connectivity index is 1.52. The van der Waals surface area contributed by atoms with Gasteiger partial charge in [0.05, 0.1) is 12.2 Å². The molecule has 3 heteroatoms. The molecule has 1 aliphatic heterocycles. The van der Waals surface area contributed by atoms with Gasteiger partial charge in [0.2, 0.25) is 0 Å². The summed E-state index contributed by atoms with van der Waals surface area (Å²) in [6, 6.07) is 0. The number of hydrogen-bond acceptors (Lipinski definition) is 3. The van der Waals surface area contributed by atoms with Crippen molar-refractivity contribution in [2.45, 2.75) is 212 Å². The van der Waals surface area contributed by atoms with Gasteiger partial charge in [0.1, 0.15) is 0 Å². The van der Waals surface area contributed by atoms with E-state index in [-0.39, 0.29) is 18.0 Å². The van der Waals surface area contributed by atoms with Gasteiger partial charge in [-0.25, -0.2) is 0 Å². The van der Waals surface area contributed by atoms with Crippen molar-refractivity contribution in [1.29, 1.82) is 0 Å². The second-order valence-corrected chi connectivity index (χ2v) is 14.5. The molecule has 1 saturated heterocycles. The SMILES string of the molecule is CCCCC/C=C\C/C=C\CCCCCCCCC1(CCCCCCCC/C=C\C/C=C\CCCCC)O[C@@H]2CC(CN)C[C@H]2O1. The second-order valence-electron chi connectivity index (χ2n) is 14.5. The van der Waals surface area contributed by atoms with Crippen molar-refractivity contribution in [2.24, 2.45) is 11.7 Å². The molecule has 0 aromatic rings. The standard InChI is InChI=1S/C43H77NO2/c1-3-5-7-9-11-13-15-17-19-21-23-25-27-29-31-33-35-43(45-41-37-40(39-44)38-42(41)46-43)36-34-32-30-28-26-24-22-20-18-16-14-12-10-8-6-4-2/h11-14,17-20,40-42H,3-10,15-16,21-39,44H2,1-2H3/b13-11-,14-12-,19-17-,20-18-/t41-,42-/m1/s1. The maximum atomic E-state index is 6.75. The van der Waals surface area contributed by atoms with Crippen molar-refractivity contribution in [2.75, 3.05) is 6.54 Å². The molecule has 0 spiro atoms. The van der Waals surface area contributed by atoms with E-state index in [1.807, 2.05) is 0 Å². The smallest absolute Gasteiger partial charge is 0.169 e. The lowest BCUT2D eigenvalue weighted by molar-refractivity contribution is -0.192. The second kappa shape index (κ2) is 28.8. The summed E-state index contributed by atoms with van der Waals surface area (Å²) in [6.45, 7) is 5.31. The van der Waals surface area contributed by atoms with E-state index in [2.05, 4.69) is 62.5 Å². The number of ether oxygens (including phenoxy) is 2. The van der Waals surface area contributed by atoms with E-state index in [1.54, 1.807) is 0 Å². The van der Waals surface area contributed by atoms with Gasteiger partial charge < -0.3 is 15.2 Å². The maximum Gasteiger partial charge on any atom is 0.169 e. The highest BCUT2D eigenvalue weighted by atomic mass is 16.8. The van der Waals surface area contributed by atoms with Gasteiger partial charge in [0.15, 0.2) is 5.79 Å². The molecule has 0 bridgehead atoms. The van der Waals surface area contributed by atoms with Crippen molar-refractivity contribution in [1.82, 2.24) is 0 Å². The number of nitrogens with two attached hydrogens (primary N) is 1. The summed E-state index contributed by atoms with van der Waals surface area (Å²) in [5.41, 5.74) is 5.99. The molecule has 0 aromatic carbocycles. The van der Waals surface area contributed by atoms with Crippen LogP contribution in [-0.4, -0.2) is 24.5 Å². The summed E-state index contributed by atoms with van der Waals surface area (Å²) in [5.74, 6) is 0.260. The first kappa shape index (κ1) is 41.0. The Morgan fingerprint density at radius 1 is 0.478 bits per heavy atom. The zero-order chi connectivity index (χ0) is 32.8. The fraction of sp³-hybridized carbons (Fsp3) is 0.814. The number of rotatable bonds is 31. The Bertz CT molecular complexity index is 735. The average molecular weight is 640 g/mol. The molecule has 1 saturated carbocycles. The normalized spacial score (nSPS) is 20.1. The van der Waals surface area contributed by atoms with Crippen LogP contribution in [0.5, 0.6) is 0 Å². The molecule has 0 unspecified atom stereocenters. The minimum absolute atomic E-state index is 0.280. The summed E-state index contributed by atoms with van der Waals surface area (Å²) in [4.78, 5) is 0. The van der Waals surface area contributed by atoms with Crippen LogP contribution in [0.2, 0.25) is 0 Å². The Kier molecular flexibility index (Phi) is 25.7. The minimum Gasteiger partial charge on any atom is -0.344 e. The summed E-state index contributed by atoms with van der Waals surface area (Å²) in [6.07, 6.45) is 54.7. The van der Waals surface area contributed by atoms with Crippen molar-refractivity contribution in [3.05, 3.63) is 48.6 Å². The van der Waals surface area contributed by atoms with Crippen LogP contribution in [0, 0.1) is 5.92 Å². The summed E-state index contributed by atoms with van der Waals surface area (Å²) in [7, 11) is 0. The zero-order valence-electron chi connectivity index (χ0n) is 30.8. The van der Waals surface area contributed by atoms with E-state index >= 15 is 0 Å². The van der Waals surface area contributed by atoms with Gasteiger partial charge in [-0.3, -0.25) is 0 Å². The fourth-order valence-electron chi connectivity index (χ4n) is 7.20. The fourth-order valence-corrected chi connectivity index (χ4v) is 7.20. The van der Waals surface area contributed by atoms with Gasteiger partial charge in [-0.1, -0.05) is 140 Å². The average Bonchev–Trinajstić information content (AvgIpc) is 3.60. The van der Waals surface area contributed by atoms with Crippen molar-refractivity contribution in [3.8, 4) is 0 Å². The van der Waals surface area contributed by atoms with Crippen LogP contribution in [0.3, 0.4) is 0 Å². The molecule has 0 radical (unpaired) electrons. The zero-order valence-corrected chi connectivity index (χ0v) is 30.8. The molecular weight excluding hydrogens is 562 g/mol. The molecule has 2 rings (SSSR count). The molecule has 266 valence electrons. The van der Waals surface area contributed by atoms with Crippen LogP contribution in [0.4, 0.5) is 0 Å². The first-order chi connectivity index (χ1) is 22.7. The predicted octanol–water partition coefficient (Wildman–Crippen LogP) is 13.2. The highest BCUT2D eigenvalue weighted by Crippen LogP contribution is 2.45. The third-order valence-corrected chi connectivity index (χ3v) is 10.1. The third kappa shape index (κ3) is 20.3. The molecule has 3 nitrogen and oxygen atoms in total.